The minimum Gasteiger partial charge on any atom is -0.462 e. The van der Waals surface area contributed by atoms with E-state index in [2.05, 4.69) is 74.7 Å². The summed E-state index contributed by atoms with van der Waals surface area (Å²) in [6.45, 7) is 6.48. The number of aliphatic hydroxyl groups is 2. The van der Waals surface area contributed by atoms with Crippen molar-refractivity contribution >= 4 is 11.9 Å². The van der Waals surface area contributed by atoms with Gasteiger partial charge in [-0.2, -0.15) is 0 Å². The van der Waals surface area contributed by atoms with Gasteiger partial charge in [0.25, 0.3) is 0 Å². The molecule has 0 aliphatic carbocycles. The van der Waals surface area contributed by atoms with Crippen molar-refractivity contribution in [2.45, 2.75) is 322 Å². The second kappa shape index (κ2) is 54.8. The number of hydrogen-bond acceptors (Lipinski definition) is 5. The number of aliphatic hydroxyl groups excluding tert-OH is 2. The van der Waals surface area contributed by atoms with Crippen LogP contribution in [0.25, 0.3) is 0 Å². The lowest BCUT2D eigenvalue weighted by Crippen LogP contribution is -2.46. The predicted molar refractivity (Wildman–Crippen MR) is 292 cm³/mol. The van der Waals surface area contributed by atoms with Crippen LogP contribution in [0.1, 0.15) is 303 Å². The maximum atomic E-state index is 13.3. The third-order valence-corrected chi connectivity index (χ3v) is 13.5. The molecule has 0 aromatic heterocycles. The van der Waals surface area contributed by atoms with Crippen LogP contribution in [0.3, 0.4) is 0 Å². The number of carbonyl (C=O) groups is 2. The third-order valence-electron chi connectivity index (χ3n) is 13.5. The molecule has 0 aromatic carbocycles. The number of unbranched alkanes of at least 4 members (excludes halogenated alkanes) is 36. The van der Waals surface area contributed by atoms with Gasteiger partial charge < -0.3 is 20.3 Å². The Morgan fingerprint density at radius 2 is 0.761 bits per heavy atom. The quantitative estimate of drug-likeness (QED) is 0.0321. The molecule has 6 nitrogen and oxygen atoms in total. The van der Waals surface area contributed by atoms with Crippen LogP contribution >= 0.6 is 0 Å². The van der Waals surface area contributed by atoms with E-state index in [0.29, 0.717) is 19.3 Å². The number of esters is 1. The summed E-state index contributed by atoms with van der Waals surface area (Å²) >= 11 is 0. The standard InChI is InChI=1S/C61H113NO5/c1-4-7-10-13-16-19-22-25-28-30-31-33-36-39-42-45-48-51-54-61(66)67-57(52-49-46-43-40-37-34-32-29-26-23-20-17-14-11-8-5-2)55-60(65)62-58(56-63)59(64)53-50-47-44-41-38-35-27-24-21-18-15-12-9-6-3/h16,19,22,25,28,30-31,33,57-59,63-64H,4-15,17-18,20-21,23-24,26-27,29,32,34-56H2,1-3H3,(H,62,65)/b19-16+,25-22+,30-28+,33-31+. The number of carbonyl (C=O) groups excluding carboxylic acids is 2. The number of allylic oxidation sites excluding steroid dienone is 8. The molecule has 67 heavy (non-hydrogen) atoms. The highest BCUT2D eigenvalue weighted by atomic mass is 16.5. The van der Waals surface area contributed by atoms with Crippen LogP contribution in [0.5, 0.6) is 0 Å². The Morgan fingerprint density at radius 3 is 1.18 bits per heavy atom. The van der Waals surface area contributed by atoms with Crippen molar-refractivity contribution in [1.82, 2.24) is 5.32 Å². The predicted octanol–water partition coefficient (Wildman–Crippen LogP) is 18.2. The van der Waals surface area contributed by atoms with Gasteiger partial charge in [0.2, 0.25) is 5.91 Å². The van der Waals surface area contributed by atoms with Gasteiger partial charge >= 0.3 is 5.97 Å². The lowest BCUT2D eigenvalue weighted by molar-refractivity contribution is -0.151. The molecule has 0 heterocycles. The van der Waals surface area contributed by atoms with E-state index in [9.17, 15) is 19.8 Å². The topological polar surface area (TPSA) is 95.9 Å². The summed E-state index contributed by atoms with van der Waals surface area (Å²) in [5, 5.41) is 23.9. The van der Waals surface area contributed by atoms with E-state index in [4.69, 9.17) is 4.74 Å². The summed E-state index contributed by atoms with van der Waals surface area (Å²) in [6.07, 6.45) is 67.4. The second-order valence-corrected chi connectivity index (χ2v) is 20.1. The minimum atomic E-state index is -0.791. The maximum Gasteiger partial charge on any atom is 0.306 e. The highest BCUT2D eigenvalue weighted by Crippen LogP contribution is 2.19. The number of amides is 1. The highest BCUT2D eigenvalue weighted by molar-refractivity contribution is 5.77. The SMILES string of the molecule is CCCCC/C=C/C=C/C=C/C=C/CCCCCCCC(=O)OC(CCCCCCCCCCCCCCCCCC)CC(=O)NC(CO)C(O)CCCCCCCCCCCCCCCC. The first-order chi connectivity index (χ1) is 33.0. The first-order valence-corrected chi connectivity index (χ1v) is 29.4. The summed E-state index contributed by atoms with van der Waals surface area (Å²) < 4.78 is 5.96. The smallest absolute Gasteiger partial charge is 0.306 e. The van der Waals surface area contributed by atoms with E-state index in [1.807, 2.05) is 0 Å². The molecule has 0 rings (SSSR count). The van der Waals surface area contributed by atoms with Gasteiger partial charge in [-0.1, -0.05) is 288 Å². The molecular weight excluding hydrogens is 827 g/mol. The van der Waals surface area contributed by atoms with Gasteiger partial charge in [-0.3, -0.25) is 9.59 Å². The van der Waals surface area contributed by atoms with Crippen molar-refractivity contribution in [1.29, 1.82) is 0 Å². The largest absolute Gasteiger partial charge is 0.462 e. The number of rotatable bonds is 53. The molecular formula is C61H113NO5. The number of ether oxygens (including phenoxy) is 1. The fourth-order valence-electron chi connectivity index (χ4n) is 9.03. The molecule has 0 aromatic rings. The van der Waals surface area contributed by atoms with Crippen molar-refractivity contribution < 1.29 is 24.5 Å². The molecule has 392 valence electrons. The summed E-state index contributed by atoms with van der Waals surface area (Å²) in [6, 6.07) is -0.706. The van der Waals surface area contributed by atoms with E-state index in [1.165, 1.54) is 180 Å². The molecule has 0 radical (unpaired) electrons. The molecule has 1 amide bonds. The maximum absolute atomic E-state index is 13.3. The summed E-state index contributed by atoms with van der Waals surface area (Å²) in [5.74, 6) is -0.485. The van der Waals surface area contributed by atoms with E-state index in [1.54, 1.807) is 0 Å². The van der Waals surface area contributed by atoms with Gasteiger partial charge in [-0.05, 0) is 51.4 Å². The molecule has 0 aliphatic rings. The third kappa shape index (κ3) is 50.0. The molecule has 0 saturated carbocycles. The fraction of sp³-hybridized carbons (Fsp3) is 0.836. The Kier molecular flexibility index (Phi) is 53.0. The lowest BCUT2D eigenvalue weighted by Gasteiger charge is -2.24. The zero-order valence-electron chi connectivity index (χ0n) is 44.8. The van der Waals surface area contributed by atoms with E-state index in [-0.39, 0.29) is 24.9 Å². The van der Waals surface area contributed by atoms with Crippen LogP contribution < -0.4 is 5.32 Å². The van der Waals surface area contributed by atoms with Gasteiger partial charge in [0, 0.05) is 6.42 Å². The van der Waals surface area contributed by atoms with Crippen LogP contribution in [0.15, 0.2) is 48.6 Å². The van der Waals surface area contributed by atoms with Crippen molar-refractivity contribution in [2.75, 3.05) is 6.61 Å². The first-order valence-electron chi connectivity index (χ1n) is 29.4. The normalized spacial score (nSPS) is 13.4. The molecule has 0 aliphatic heterocycles. The molecule has 3 atom stereocenters. The fourth-order valence-corrected chi connectivity index (χ4v) is 9.03. The zero-order valence-corrected chi connectivity index (χ0v) is 44.8. The molecule has 6 heteroatoms. The summed E-state index contributed by atoms with van der Waals surface area (Å²) in [4.78, 5) is 26.3. The van der Waals surface area contributed by atoms with Crippen molar-refractivity contribution in [2.24, 2.45) is 0 Å². The summed E-state index contributed by atoms with van der Waals surface area (Å²) in [5.41, 5.74) is 0. The number of hydrogen-bond donors (Lipinski definition) is 3. The van der Waals surface area contributed by atoms with Gasteiger partial charge in [0.15, 0.2) is 0 Å². The zero-order chi connectivity index (χ0) is 48.8. The van der Waals surface area contributed by atoms with Crippen LogP contribution in [0.2, 0.25) is 0 Å². The van der Waals surface area contributed by atoms with E-state index < -0.39 is 18.2 Å². The second-order valence-electron chi connectivity index (χ2n) is 20.1. The van der Waals surface area contributed by atoms with Crippen molar-refractivity contribution in [3.8, 4) is 0 Å². The Labute approximate surface area is 416 Å². The van der Waals surface area contributed by atoms with Crippen molar-refractivity contribution in [3.05, 3.63) is 48.6 Å². The average Bonchev–Trinajstić information content (AvgIpc) is 3.32. The lowest BCUT2D eigenvalue weighted by atomic mass is 10.0. The molecule has 3 N–H and O–H groups in total. The monoisotopic (exact) mass is 940 g/mol. The molecule has 0 spiro atoms. The van der Waals surface area contributed by atoms with E-state index in [0.717, 1.165) is 77.0 Å². The van der Waals surface area contributed by atoms with Crippen molar-refractivity contribution in [3.63, 3.8) is 0 Å². The average molecular weight is 941 g/mol. The van der Waals surface area contributed by atoms with Crippen LogP contribution in [-0.4, -0.2) is 46.9 Å². The van der Waals surface area contributed by atoms with Gasteiger partial charge in [-0.15, -0.1) is 0 Å². The van der Waals surface area contributed by atoms with Crippen LogP contribution in [0.4, 0.5) is 0 Å². The molecule has 0 saturated heterocycles. The Hall–Kier alpha value is -2.18. The van der Waals surface area contributed by atoms with Crippen LogP contribution in [-0.2, 0) is 14.3 Å². The van der Waals surface area contributed by atoms with Crippen LogP contribution in [0, 0.1) is 0 Å². The Balaban J connectivity index is 4.59. The highest BCUT2D eigenvalue weighted by Gasteiger charge is 2.24. The Morgan fingerprint density at radius 1 is 0.433 bits per heavy atom. The molecule has 3 unspecified atom stereocenters. The number of nitrogens with one attached hydrogen (secondary N) is 1. The first kappa shape index (κ1) is 64.8. The van der Waals surface area contributed by atoms with Gasteiger partial charge in [0.05, 0.1) is 25.2 Å². The van der Waals surface area contributed by atoms with Gasteiger partial charge in [0.1, 0.15) is 6.10 Å². The van der Waals surface area contributed by atoms with E-state index >= 15 is 0 Å². The van der Waals surface area contributed by atoms with Gasteiger partial charge in [-0.25, -0.2) is 0 Å². The molecule has 0 fully saturated rings. The molecule has 0 bridgehead atoms. The summed E-state index contributed by atoms with van der Waals surface area (Å²) in [7, 11) is 0. The Bertz CT molecular complexity index is 1150. The minimum absolute atomic E-state index is 0.0712.